The molecule has 3 aromatic carbocycles. The summed E-state index contributed by atoms with van der Waals surface area (Å²) in [6.45, 7) is -0.499. The summed E-state index contributed by atoms with van der Waals surface area (Å²) < 4.78 is 10.4. The number of imide groups is 1. The van der Waals surface area contributed by atoms with Gasteiger partial charge in [-0.25, -0.2) is 9.69 Å². The Hall–Kier alpha value is -4.11. The van der Waals surface area contributed by atoms with E-state index in [0.29, 0.717) is 16.3 Å². The molecule has 0 aromatic heterocycles. The van der Waals surface area contributed by atoms with Crippen molar-refractivity contribution in [3.05, 3.63) is 89.5 Å². The third-order valence-corrected chi connectivity index (χ3v) is 6.10. The summed E-state index contributed by atoms with van der Waals surface area (Å²) in [5.41, 5.74) is 1.39. The van der Waals surface area contributed by atoms with E-state index in [1.54, 1.807) is 79.9 Å². The molecule has 9 heteroatoms. The van der Waals surface area contributed by atoms with Crippen molar-refractivity contribution >= 4 is 41.1 Å². The van der Waals surface area contributed by atoms with Crippen molar-refractivity contribution in [3.8, 4) is 5.75 Å². The molecule has 0 spiro atoms. The van der Waals surface area contributed by atoms with Gasteiger partial charge in [0.15, 0.2) is 6.73 Å². The van der Waals surface area contributed by atoms with Crippen LogP contribution in [-0.2, 0) is 9.53 Å². The highest BCUT2D eigenvalue weighted by molar-refractivity contribution is 8.00. The SMILES string of the molecule is COc1cccc(NC(=O)CSc2ccccc2C(=O)OCN2C(=O)c3ccccc3C2=O)c1. The topological polar surface area (TPSA) is 102 Å². The first-order valence-corrected chi connectivity index (χ1v) is 11.2. The van der Waals surface area contributed by atoms with Gasteiger partial charge in [0.05, 0.1) is 29.6 Å². The second kappa shape index (κ2) is 10.2. The molecule has 1 aliphatic heterocycles. The highest BCUT2D eigenvalue weighted by Crippen LogP contribution is 2.26. The summed E-state index contributed by atoms with van der Waals surface area (Å²) in [5.74, 6) is -1.30. The lowest BCUT2D eigenvalue weighted by atomic mass is 10.1. The first kappa shape index (κ1) is 23.1. The molecule has 8 nitrogen and oxygen atoms in total. The number of hydrogen-bond acceptors (Lipinski definition) is 7. The minimum atomic E-state index is -0.701. The predicted molar refractivity (Wildman–Crippen MR) is 126 cm³/mol. The van der Waals surface area contributed by atoms with E-state index >= 15 is 0 Å². The molecule has 0 radical (unpaired) electrons. The third-order valence-electron chi connectivity index (χ3n) is 5.02. The van der Waals surface area contributed by atoms with E-state index in [9.17, 15) is 19.2 Å². The number of fused-ring (bicyclic) bond motifs is 1. The number of esters is 1. The number of amides is 3. The van der Waals surface area contributed by atoms with Gasteiger partial charge in [-0.3, -0.25) is 14.4 Å². The van der Waals surface area contributed by atoms with Crippen LogP contribution in [0.3, 0.4) is 0 Å². The molecule has 0 fully saturated rings. The van der Waals surface area contributed by atoms with Crippen molar-refractivity contribution in [3.63, 3.8) is 0 Å². The van der Waals surface area contributed by atoms with Gasteiger partial charge in [0, 0.05) is 16.6 Å². The van der Waals surface area contributed by atoms with Gasteiger partial charge in [0.1, 0.15) is 5.75 Å². The normalized spacial score (nSPS) is 12.3. The van der Waals surface area contributed by atoms with Crippen LogP contribution < -0.4 is 10.1 Å². The first-order valence-electron chi connectivity index (χ1n) is 10.3. The van der Waals surface area contributed by atoms with Crippen molar-refractivity contribution in [1.82, 2.24) is 4.90 Å². The van der Waals surface area contributed by atoms with Crippen LogP contribution in [0.15, 0.2) is 77.7 Å². The molecule has 172 valence electrons. The van der Waals surface area contributed by atoms with Gasteiger partial charge in [-0.05, 0) is 36.4 Å². The van der Waals surface area contributed by atoms with Gasteiger partial charge < -0.3 is 14.8 Å². The molecule has 0 aliphatic carbocycles. The van der Waals surface area contributed by atoms with Crippen LogP contribution >= 0.6 is 11.8 Å². The molecular formula is C25H20N2O6S. The maximum Gasteiger partial charge on any atom is 0.341 e. The Labute approximate surface area is 199 Å². The minimum Gasteiger partial charge on any atom is -0.497 e. The molecule has 0 saturated heterocycles. The van der Waals surface area contributed by atoms with Gasteiger partial charge in [0.2, 0.25) is 5.91 Å². The molecule has 34 heavy (non-hydrogen) atoms. The van der Waals surface area contributed by atoms with E-state index in [2.05, 4.69) is 5.32 Å². The van der Waals surface area contributed by atoms with Crippen LogP contribution in [0.4, 0.5) is 5.69 Å². The molecule has 0 saturated carbocycles. The number of nitrogens with one attached hydrogen (secondary N) is 1. The molecule has 1 aliphatic rings. The van der Waals surface area contributed by atoms with Crippen molar-refractivity contribution in [1.29, 1.82) is 0 Å². The van der Waals surface area contributed by atoms with Crippen LogP contribution in [0.2, 0.25) is 0 Å². The smallest absolute Gasteiger partial charge is 0.341 e. The average Bonchev–Trinajstić information content (AvgIpc) is 3.11. The molecule has 0 bridgehead atoms. The zero-order chi connectivity index (χ0) is 24.1. The number of rotatable bonds is 8. The number of hydrogen-bond donors (Lipinski definition) is 1. The average molecular weight is 477 g/mol. The van der Waals surface area contributed by atoms with Crippen LogP contribution in [0.1, 0.15) is 31.1 Å². The first-order chi connectivity index (χ1) is 16.5. The quantitative estimate of drug-likeness (QED) is 0.299. The maximum absolute atomic E-state index is 12.7. The second-order valence-electron chi connectivity index (χ2n) is 7.21. The Morgan fingerprint density at radius 1 is 0.912 bits per heavy atom. The van der Waals surface area contributed by atoms with Crippen molar-refractivity contribution in [2.24, 2.45) is 0 Å². The number of benzene rings is 3. The van der Waals surface area contributed by atoms with Crippen LogP contribution in [0.25, 0.3) is 0 Å². The number of nitrogens with zero attached hydrogens (tertiary/aromatic N) is 1. The Morgan fingerprint density at radius 2 is 1.59 bits per heavy atom. The number of methoxy groups -OCH3 is 1. The van der Waals surface area contributed by atoms with E-state index < -0.39 is 24.5 Å². The summed E-state index contributed by atoms with van der Waals surface area (Å²) in [7, 11) is 1.54. The number of carbonyl (C=O) groups is 4. The molecular weight excluding hydrogens is 456 g/mol. The highest BCUT2D eigenvalue weighted by atomic mass is 32.2. The number of thioether (sulfide) groups is 1. The van der Waals surface area contributed by atoms with E-state index in [-0.39, 0.29) is 28.4 Å². The fourth-order valence-electron chi connectivity index (χ4n) is 3.36. The van der Waals surface area contributed by atoms with Gasteiger partial charge in [-0.1, -0.05) is 30.3 Å². The Bertz CT molecular complexity index is 1240. The standard InChI is InChI=1S/C25H20N2O6S/c1-32-17-8-6-7-16(13-17)26-22(28)14-34-21-12-5-4-11-20(21)25(31)33-15-27-23(29)18-9-2-3-10-19(18)24(27)30/h2-13H,14-15H2,1H3,(H,26,28). The van der Waals surface area contributed by atoms with Crippen molar-refractivity contribution in [2.45, 2.75) is 4.90 Å². The molecule has 0 unspecified atom stereocenters. The molecule has 3 aromatic rings. The third kappa shape index (κ3) is 4.94. The summed E-state index contributed by atoms with van der Waals surface area (Å²) in [6.07, 6.45) is 0. The van der Waals surface area contributed by atoms with Crippen molar-refractivity contribution in [2.75, 3.05) is 24.9 Å². The zero-order valence-corrected chi connectivity index (χ0v) is 19.0. The lowest BCUT2D eigenvalue weighted by molar-refractivity contribution is -0.113. The lowest BCUT2D eigenvalue weighted by Gasteiger charge is -2.15. The number of carbonyl (C=O) groups excluding carboxylic acids is 4. The van der Waals surface area contributed by atoms with Gasteiger partial charge in [-0.2, -0.15) is 0 Å². The molecule has 1 N–H and O–H groups in total. The lowest BCUT2D eigenvalue weighted by Crippen LogP contribution is -2.33. The van der Waals surface area contributed by atoms with Crippen LogP contribution in [0, 0.1) is 0 Å². The summed E-state index contributed by atoms with van der Waals surface area (Å²) >= 11 is 1.17. The summed E-state index contributed by atoms with van der Waals surface area (Å²) in [5, 5.41) is 2.78. The summed E-state index contributed by atoms with van der Waals surface area (Å²) in [4.78, 5) is 51.4. The van der Waals surface area contributed by atoms with E-state index in [1.807, 2.05) is 0 Å². The second-order valence-corrected chi connectivity index (χ2v) is 8.23. The Kier molecular flexibility index (Phi) is 6.93. The summed E-state index contributed by atoms with van der Waals surface area (Å²) in [6, 6.07) is 20.1. The highest BCUT2D eigenvalue weighted by Gasteiger charge is 2.35. The largest absolute Gasteiger partial charge is 0.497 e. The molecule has 3 amide bonds. The van der Waals surface area contributed by atoms with Crippen molar-refractivity contribution < 1.29 is 28.7 Å². The number of anilines is 1. The molecule has 0 atom stereocenters. The van der Waals surface area contributed by atoms with Gasteiger partial charge >= 0.3 is 5.97 Å². The van der Waals surface area contributed by atoms with E-state index in [1.165, 1.54) is 11.8 Å². The van der Waals surface area contributed by atoms with Crippen LogP contribution in [-0.4, -0.2) is 48.2 Å². The zero-order valence-electron chi connectivity index (χ0n) is 18.1. The maximum atomic E-state index is 12.7. The Morgan fingerprint density at radius 3 is 2.29 bits per heavy atom. The fourth-order valence-corrected chi connectivity index (χ4v) is 4.20. The number of ether oxygens (including phenoxy) is 2. The minimum absolute atomic E-state index is 0.0555. The monoisotopic (exact) mass is 476 g/mol. The van der Waals surface area contributed by atoms with E-state index in [4.69, 9.17) is 9.47 Å². The van der Waals surface area contributed by atoms with Crippen LogP contribution in [0.5, 0.6) is 5.75 Å². The molecule has 4 rings (SSSR count). The Balaban J connectivity index is 1.36. The van der Waals surface area contributed by atoms with E-state index in [0.717, 1.165) is 4.90 Å². The van der Waals surface area contributed by atoms with Gasteiger partial charge in [0.25, 0.3) is 11.8 Å². The fraction of sp³-hybridized carbons (Fsp3) is 0.120. The molecule has 1 heterocycles. The predicted octanol–water partition coefficient (Wildman–Crippen LogP) is 3.84. The van der Waals surface area contributed by atoms with Gasteiger partial charge in [-0.15, -0.1) is 11.8 Å².